The second-order valence-corrected chi connectivity index (χ2v) is 5.12. The van der Waals surface area contributed by atoms with Gasteiger partial charge in [-0.25, -0.2) is 0 Å². The second kappa shape index (κ2) is 10.6. The number of ether oxygens (including phenoxy) is 2. The quantitative estimate of drug-likeness (QED) is 0.624. The van der Waals surface area contributed by atoms with Crippen LogP contribution in [-0.2, 0) is 0 Å². The van der Waals surface area contributed by atoms with Crippen molar-refractivity contribution in [2.24, 2.45) is 5.92 Å². The Morgan fingerprint density at radius 3 is 2.55 bits per heavy atom. The van der Waals surface area contributed by atoms with Gasteiger partial charge in [-0.2, -0.15) is 0 Å². The van der Waals surface area contributed by atoms with Crippen LogP contribution in [0.2, 0.25) is 0 Å². The lowest BCUT2D eigenvalue weighted by Gasteiger charge is -2.16. The summed E-state index contributed by atoms with van der Waals surface area (Å²) in [5.41, 5.74) is 0. The van der Waals surface area contributed by atoms with Crippen LogP contribution in [-0.4, -0.2) is 26.8 Å². The van der Waals surface area contributed by atoms with Crippen molar-refractivity contribution >= 4 is 0 Å². The van der Waals surface area contributed by atoms with E-state index in [-0.39, 0.29) is 0 Å². The van der Waals surface area contributed by atoms with E-state index in [2.05, 4.69) is 19.2 Å². The number of methoxy groups -OCH3 is 1. The fraction of sp³-hybridized carbons (Fsp3) is 0.647. The number of benzene rings is 1. The molecule has 20 heavy (non-hydrogen) atoms. The van der Waals surface area contributed by atoms with E-state index in [4.69, 9.17) is 9.47 Å². The van der Waals surface area contributed by atoms with Gasteiger partial charge in [0.25, 0.3) is 0 Å². The molecule has 0 aliphatic rings. The predicted octanol–water partition coefficient (Wildman–Crippen LogP) is 3.88. The molecule has 1 N–H and O–H groups in total. The Kier molecular flexibility index (Phi) is 8.88. The molecule has 114 valence electrons. The van der Waals surface area contributed by atoms with Gasteiger partial charge in [-0.1, -0.05) is 45.2 Å². The Morgan fingerprint density at radius 1 is 1.15 bits per heavy atom. The third-order valence-electron chi connectivity index (χ3n) is 3.58. The molecule has 0 saturated heterocycles. The van der Waals surface area contributed by atoms with Crippen molar-refractivity contribution in [3.63, 3.8) is 0 Å². The van der Waals surface area contributed by atoms with Crippen molar-refractivity contribution in [1.82, 2.24) is 5.32 Å². The molecule has 3 nitrogen and oxygen atoms in total. The Balaban J connectivity index is 2.18. The maximum absolute atomic E-state index is 5.74. The summed E-state index contributed by atoms with van der Waals surface area (Å²) >= 11 is 0. The highest BCUT2D eigenvalue weighted by Gasteiger charge is 2.05. The lowest BCUT2D eigenvalue weighted by molar-refractivity contribution is 0.287. The van der Waals surface area contributed by atoms with Gasteiger partial charge >= 0.3 is 0 Å². The molecule has 1 atom stereocenters. The minimum absolute atomic E-state index is 0.671. The Morgan fingerprint density at radius 2 is 1.90 bits per heavy atom. The summed E-state index contributed by atoms with van der Waals surface area (Å²) < 4.78 is 11.0. The third-order valence-corrected chi connectivity index (χ3v) is 3.58. The SMILES string of the molecule is CCCCC(CC)CNCCOc1ccccc1OC. The first-order valence-corrected chi connectivity index (χ1v) is 7.78. The predicted molar refractivity (Wildman–Crippen MR) is 84.7 cm³/mol. The molecule has 0 aromatic heterocycles. The van der Waals surface area contributed by atoms with Gasteiger partial charge in [-0.05, 0) is 31.0 Å². The molecule has 1 aromatic rings. The first-order chi connectivity index (χ1) is 9.81. The van der Waals surface area contributed by atoms with Crippen molar-refractivity contribution in [3.05, 3.63) is 24.3 Å². The van der Waals surface area contributed by atoms with Crippen LogP contribution in [0.15, 0.2) is 24.3 Å². The van der Waals surface area contributed by atoms with Gasteiger partial charge in [-0.3, -0.25) is 0 Å². The van der Waals surface area contributed by atoms with Crippen LogP contribution in [0.1, 0.15) is 39.5 Å². The summed E-state index contributed by atoms with van der Waals surface area (Å²) in [4.78, 5) is 0. The van der Waals surface area contributed by atoms with E-state index in [1.807, 2.05) is 24.3 Å². The fourth-order valence-electron chi connectivity index (χ4n) is 2.22. The molecule has 0 bridgehead atoms. The van der Waals surface area contributed by atoms with Gasteiger partial charge < -0.3 is 14.8 Å². The van der Waals surface area contributed by atoms with E-state index in [1.165, 1.54) is 25.7 Å². The largest absolute Gasteiger partial charge is 0.493 e. The highest BCUT2D eigenvalue weighted by atomic mass is 16.5. The number of nitrogens with one attached hydrogen (secondary N) is 1. The van der Waals surface area contributed by atoms with E-state index >= 15 is 0 Å². The third kappa shape index (κ3) is 6.29. The zero-order chi connectivity index (χ0) is 14.6. The first kappa shape index (κ1) is 16.8. The summed E-state index contributed by atoms with van der Waals surface area (Å²) in [6.45, 7) is 7.16. The number of hydrogen-bond acceptors (Lipinski definition) is 3. The van der Waals surface area contributed by atoms with Gasteiger partial charge in [-0.15, -0.1) is 0 Å². The normalized spacial score (nSPS) is 12.2. The lowest BCUT2D eigenvalue weighted by Crippen LogP contribution is -2.27. The lowest BCUT2D eigenvalue weighted by atomic mass is 9.99. The molecule has 0 spiro atoms. The Bertz CT molecular complexity index is 355. The van der Waals surface area contributed by atoms with Crippen LogP contribution < -0.4 is 14.8 Å². The van der Waals surface area contributed by atoms with Crippen LogP contribution in [0.25, 0.3) is 0 Å². The van der Waals surface area contributed by atoms with Crippen molar-refractivity contribution in [2.45, 2.75) is 39.5 Å². The van der Waals surface area contributed by atoms with Crippen LogP contribution in [0.5, 0.6) is 11.5 Å². The van der Waals surface area contributed by atoms with Crippen molar-refractivity contribution in [2.75, 3.05) is 26.8 Å². The van der Waals surface area contributed by atoms with Gasteiger partial charge in [0.2, 0.25) is 0 Å². The number of unbranched alkanes of at least 4 members (excludes halogenated alkanes) is 1. The first-order valence-electron chi connectivity index (χ1n) is 7.78. The number of para-hydroxylation sites is 2. The average Bonchev–Trinajstić information content (AvgIpc) is 2.50. The summed E-state index contributed by atoms with van der Waals surface area (Å²) in [5, 5.41) is 3.49. The summed E-state index contributed by atoms with van der Waals surface area (Å²) in [6.07, 6.45) is 5.19. The number of rotatable bonds is 11. The molecule has 1 aromatic carbocycles. The van der Waals surface area contributed by atoms with Gasteiger partial charge in [0, 0.05) is 6.54 Å². The average molecular weight is 279 g/mol. The van der Waals surface area contributed by atoms with Gasteiger partial charge in [0.1, 0.15) is 6.61 Å². The van der Waals surface area contributed by atoms with Crippen LogP contribution >= 0.6 is 0 Å². The van der Waals surface area contributed by atoms with Crippen LogP contribution in [0.3, 0.4) is 0 Å². The highest BCUT2D eigenvalue weighted by molar-refractivity contribution is 5.39. The molecule has 0 aliphatic heterocycles. The van der Waals surface area contributed by atoms with E-state index in [0.29, 0.717) is 6.61 Å². The molecular formula is C17H29NO2. The highest BCUT2D eigenvalue weighted by Crippen LogP contribution is 2.25. The van der Waals surface area contributed by atoms with Crippen molar-refractivity contribution in [3.8, 4) is 11.5 Å². The standard InChI is InChI=1S/C17H29NO2/c1-4-6-9-15(5-2)14-18-12-13-20-17-11-8-7-10-16(17)19-3/h7-8,10-11,15,18H,4-6,9,12-14H2,1-3H3. The monoisotopic (exact) mass is 279 g/mol. The minimum Gasteiger partial charge on any atom is -0.493 e. The molecule has 0 radical (unpaired) electrons. The maximum atomic E-state index is 5.74. The summed E-state index contributed by atoms with van der Waals surface area (Å²) in [6, 6.07) is 7.77. The molecule has 1 unspecified atom stereocenters. The van der Waals surface area contributed by atoms with E-state index < -0.39 is 0 Å². The van der Waals surface area contributed by atoms with E-state index in [9.17, 15) is 0 Å². The summed E-state index contributed by atoms with van der Waals surface area (Å²) in [5.74, 6) is 2.40. The molecule has 0 saturated carbocycles. The van der Waals surface area contributed by atoms with Crippen molar-refractivity contribution in [1.29, 1.82) is 0 Å². The van der Waals surface area contributed by atoms with Crippen molar-refractivity contribution < 1.29 is 9.47 Å². The minimum atomic E-state index is 0.671. The molecular weight excluding hydrogens is 250 g/mol. The number of hydrogen-bond donors (Lipinski definition) is 1. The zero-order valence-electron chi connectivity index (χ0n) is 13.2. The van der Waals surface area contributed by atoms with Crippen LogP contribution in [0, 0.1) is 5.92 Å². The van der Waals surface area contributed by atoms with E-state index in [1.54, 1.807) is 7.11 Å². The maximum Gasteiger partial charge on any atom is 0.161 e. The zero-order valence-corrected chi connectivity index (χ0v) is 13.2. The molecule has 0 heterocycles. The molecule has 1 rings (SSSR count). The molecule has 0 amide bonds. The smallest absolute Gasteiger partial charge is 0.161 e. The second-order valence-electron chi connectivity index (χ2n) is 5.12. The van der Waals surface area contributed by atoms with Crippen LogP contribution in [0.4, 0.5) is 0 Å². The molecule has 0 fully saturated rings. The summed E-state index contributed by atoms with van der Waals surface area (Å²) in [7, 11) is 1.67. The topological polar surface area (TPSA) is 30.5 Å². The van der Waals surface area contributed by atoms with Gasteiger partial charge in [0.05, 0.1) is 7.11 Å². The fourth-order valence-corrected chi connectivity index (χ4v) is 2.22. The van der Waals surface area contributed by atoms with Gasteiger partial charge in [0.15, 0.2) is 11.5 Å². The molecule has 0 aliphatic carbocycles. The van der Waals surface area contributed by atoms with E-state index in [0.717, 1.165) is 30.5 Å². The molecule has 3 heteroatoms. The Labute approximate surface area is 123 Å². The Hall–Kier alpha value is -1.22.